The fraction of sp³-hybridized carbons (Fsp3) is 0.667. The molecule has 2 rings (SSSR count). The molecule has 0 bridgehead atoms. The average Bonchev–Trinajstić information content (AvgIpc) is 2.38. The van der Waals surface area contributed by atoms with Gasteiger partial charge in [0.15, 0.2) is 0 Å². The van der Waals surface area contributed by atoms with Gasteiger partial charge in [0.1, 0.15) is 11.6 Å². The van der Waals surface area contributed by atoms with Crippen LogP contribution in [0, 0.1) is 12.3 Å². The van der Waals surface area contributed by atoms with E-state index in [1.807, 2.05) is 33.8 Å². The molecule has 20 heavy (non-hydrogen) atoms. The Morgan fingerprint density at radius 2 is 2.00 bits per heavy atom. The summed E-state index contributed by atoms with van der Waals surface area (Å²) in [5.41, 5.74) is 0.505. The predicted molar refractivity (Wildman–Crippen MR) is 77.6 cm³/mol. The molecule has 1 N–H and O–H groups in total. The lowest BCUT2D eigenvalue weighted by atomic mass is 9.81. The first-order valence-corrected chi connectivity index (χ1v) is 7.15. The van der Waals surface area contributed by atoms with Crippen molar-refractivity contribution in [3.05, 3.63) is 17.6 Å². The first-order valence-electron chi connectivity index (χ1n) is 7.15. The van der Waals surface area contributed by atoms with Crippen molar-refractivity contribution in [1.29, 1.82) is 0 Å². The number of carbonyl (C=O) groups is 1. The lowest BCUT2D eigenvalue weighted by Gasteiger charge is -2.31. The maximum absolute atomic E-state index is 12.5. The van der Waals surface area contributed by atoms with Crippen LogP contribution in [-0.2, 0) is 9.53 Å². The van der Waals surface area contributed by atoms with Crippen LogP contribution >= 0.6 is 0 Å². The summed E-state index contributed by atoms with van der Waals surface area (Å²) in [4.78, 5) is 21.3. The third kappa shape index (κ3) is 3.33. The third-order valence-electron chi connectivity index (χ3n) is 3.77. The third-order valence-corrected chi connectivity index (χ3v) is 3.77. The SMILES string of the molecule is Cc1cc(NC(=O)C2(C)CCOCC2)nc(C(C)C)n1. The van der Waals surface area contributed by atoms with Gasteiger partial charge in [-0.2, -0.15) is 0 Å². The summed E-state index contributed by atoms with van der Waals surface area (Å²) in [5.74, 6) is 1.62. The van der Waals surface area contributed by atoms with Gasteiger partial charge in [-0.25, -0.2) is 9.97 Å². The molecule has 0 aromatic carbocycles. The number of rotatable bonds is 3. The molecule has 0 saturated carbocycles. The molecule has 1 amide bonds. The van der Waals surface area contributed by atoms with Crippen molar-refractivity contribution < 1.29 is 9.53 Å². The summed E-state index contributed by atoms with van der Waals surface area (Å²) < 4.78 is 5.33. The molecule has 0 unspecified atom stereocenters. The number of nitrogens with zero attached hydrogens (tertiary/aromatic N) is 2. The van der Waals surface area contributed by atoms with E-state index < -0.39 is 0 Å². The molecule has 1 aliphatic rings. The van der Waals surface area contributed by atoms with Crippen molar-refractivity contribution in [3.63, 3.8) is 0 Å². The van der Waals surface area contributed by atoms with Crippen LogP contribution in [0.5, 0.6) is 0 Å². The number of aryl methyl sites for hydroxylation is 1. The zero-order valence-electron chi connectivity index (χ0n) is 12.7. The highest BCUT2D eigenvalue weighted by Gasteiger charge is 2.35. The molecule has 0 spiro atoms. The molecule has 2 heterocycles. The molecule has 1 aromatic rings. The average molecular weight is 277 g/mol. The molecule has 0 radical (unpaired) electrons. The topological polar surface area (TPSA) is 64.1 Å². The van der Waals surface area contributed by atoms with Gasteiger partial charge in [-0.05, 0) is 19.8 Å². The van der Waals surface area contributed by atoms with Gasteiger partial charge in [-0.15, -0.1) is 0 Å². The van der Waals surface area contributed by atoms with E-state index in [0.29, 0.717) is 19.0 Å². The number of ether oxygens (including phenoxy) is 1. The fourth-order valence-corrected chi connectivity index (χ4v) is 2.23. The summed E-state index contributed by atoms with van der Waals surface area (Å²) in [6.45, 7) is 9.27. The highest BCUT2D eigenvalue weighted by Crippen LogP contribution is 2.31. The molecule has 5 heteroatoms. The largest absolute Gasteiger partial charge is 0.381 e. The van der Waals surface area contributed by atoms with Crippen LogP contribution in [0.3, 0.4) is 0 Å². The second kappa shape index (κ2) is 5.87. The summed E-state index contributed by atoms with van der Waals surface area (Å²) in [5, 5.41) is 2.94. The van der Waals surface area contributed by atoms with E-state index in [1.54, 1.807) is 0 Å². The lowest BCUT2D eigenvalue weighted by molar-refractivity contribution is -0.129. The number of aromatic nitrogens is 2. The highest BCUT2D eigenvalue weighted by atomic mass is 16.5. The quantitative estimate of drug-likeness (QED) is 0.922. The predicted octanol–water partition coefficient (Wildman–Crippen LogP) is 2.66. The maximum atomic E-state index is 12.5. The van der Waals surface area contributed by atoms with Gasteiger partial charge in [0, 0.05) is 30.9 Å². The molecule has 5 nitrogen and oxygen atoms in total. The number of hydrogen-bond acceptors (Lipinski definition) is 4. The van der Waals surface area contributed by atoms with Gasteiger partial charge in [0.2, 0.25) is 5.91 Å². The van der Waals surface area contributed by atoms with Crippen LogP contribution in [0.15, 0.2) is 6.07 Å². The number of nitrogens with one attached hydrogen (secondary N) is 1. The standard InChI is InChI=1S/C15H23N3O2/c1-10(2)13-16-11(3)9-12(17-13)18-14(19)15(4)5-7-20-8-6-15/h9-10H,5-8H2,1-4H3,(H,16,17,18,19). The van der Waals surface area contributed by atoms with E-state index in [-0.39, 0.29) is 17.2 Å². The van der Waals surface area contributed by atoms with Crippen molar-refractivity contribution in [2.75, 3.05) is 18.5 Å². The summed E-state index contributed by atoms with van der Waals surface area (Å²) >= 11 is 0. The summed E-state index contributed by atoms with van der Waals surface area (Å²) in [6, 6.07) is 1.81. The molecule has 1 aromatic heterocycles. The monoisotopic (exact) mass is 277 g/mol. The number of anilines is 1. The molecular weight excluding hydrogens is 254 g/mol. The van der Waals surface area contributed by atoms with Crippen molar-refractivity contribution in [1.82, 2.24) is 9.97 Å². The van der Waals surface area contributed by atoms with Crippen molar-refractivity contribution in [3.8, 4) is 0 Å². The lowest BCUT2D eigenvalue weighted by Crippen LogP contribution is -2.38. The van der Waals surface area contributed by atoms with E-state index in [1.165, 1.54) is 0 Å². The normalized spacial score (nSPS) is 18.1. The Bertz CT molecular complexity index is 494. The van der Waals surface area contributed by atoms with Crippen molar-refractivity contribution >= 4 is 11.7 Å². The smallest absolute Gasteiger partial charge is 0.231 e. The Labute approximate surface area is 120 Å². The van der Waals surface area contributed by atoms with E-state index >= 15 is 0 Å². The van der Waals surface area contributed by atoms with Gasteiger partial charge >= 0.3 is 0 Å². The Morgan fingerprint density at radius 3 is 2.60 bits per heavy atom. The molecule has 1 saturated heterocycles. The zero-order chi connectivity index (χ0) is 14.8. The Hall–Kier alpha value is -1.49. The Balaban J connectivity index is 2.15. The molecule has 0 aliphatic carbocycles. The number of amides is 1. The molecule has 1 aliphatic heterocycles. The summed E-state index contributed by atoms with van der Waals surface area (Å²) in [7, 11) is 0. The van der Waals surface area contributed by atoms with Crippen LogP contribution in [-0.4, -0.2) is 29.1 Å². The molecule has 1 fully saturated rings. The number of carbonyl (C=O) groups excluding carboxylic acids is 1. The van der Waals surface area contributed by atoms with E-state index in [0.717, 1.165) is 24.4 Å². The van der Waals surface area contributed by atoms with Crippen molar-refractivity contribution in [2.45, 2.75) is 46.5 Å². The van der Waals surface area contributed by atoms with Crippen LogP contribution in [0.25, 0.3) is 0 Å². The molecule has 0 atom stereocenters. The maximum Gasteiger partial charge on any atom is 0.231 e. The van der Waals surface area contributed by atoms with E-state index in [4.69, 9.17) is 4.74 Å². The van der Waals surface area contributed by atoms with E-state index in [9.17, 15) is 4.79 Å². The minimum atomic E-state index is -0.366. The second-order valence-electron chi connectivity index (χ2n) is 6.03. The second-order valence-corrected chi connectivity index (χ2v) is 6.03. The van der Waals surface area contributed by atoms with Gasteiger partial charge in [-0.3, -0.25) is 4.79 Å². The van der Waals surface area contributed by atoms with E-state index in [2.05, 4.69) is 15.3 Å². The summed E-state index contributed by atoms with van der Waals surface area (Å²) in [6.07, 6.45) is 1.50. The van der Waals surface area contributed by atoms with Gasteiger partial charge < -0.3 is 10.1 Å². The highest BCUT2D eigenvalue weighted by molar-refractivity contribution is 5.94. The van der Waals surface area contributed by atoms with Gasteiger partial charge in [0.25, 0.3) is 0 Å². The first kappa shape index (κ1) is 14.9. The van der Waals surface area contributed by atoms with Crippen LogP contribution < -0.4 is 5.32 Å². The minimum Gasteiger partial charge on any atom is -0.381 e. The minimum absolute atomic E-state index is 0.0219. The molecule has 110 valence electrons. The van der Waals surface area contributed by atoms with Gasteiger partial charge in [0.05, 0.1) is 5.41 Å². The van der Waals surface area contributed by atoms with Crippen LogP contribution in [0.4, 0.5) is 5.82 Å². The fourth-order valence-electron chi connectivity index (χ4n) is 2.23. The van der Waals surface area contributed by atoms with Crippen LogP contribution in [0.1, 0.15) is 51.0 Å². The number of hydrogen-bond donors (Lipinski definition) is 1. The molecular formula is C15H23N3O2. The Kier molecular flexibility index (Phi) is 4.38. The van der Waals surface area contributed by atoms with Gasteiger partial charge in [-0.1, -0.05) is 20.8 Å². The first-order chi connectivity index (χ1) is 9.40. The zero-order valence-corrected chi connectivity index (χ0v) is 12.7. The van der Waals surface area contributed by atoms with Crippen molar-refractivity contribution in [2.24, 2.45) is 5.41 Å². The van der Waals surface area contributed by atoms with Crippen LogP contribution in [0.2, 0.25) is 0 Å². The Morgan fingerprint density at radius 1 is 1.35 bits per heavy atom.